The maximum Gasteiger partial charge on any atom is 0.261 e. The largest absolute Gasteiger partial charge is 0.354 e. The lowest BCUT2D eigenvalue weighted by molar-refractivity contribution is -0.121. The van der Waals surface area contributed by atoms with E-state index >= 15 is 0 Å². The lowest BCUT2D eigenvalue weighted by Gasteiger charge is -2.08. The molecule has 0 aliphatic rings. The molecule has 0 fully saturated rings. The van der Waals surface area contributed by atoms with Gasteiger partial charge >= 0.3 is 0 Å². The average Bonchev–Trinajstić information content (AvgIpc) is 2.59. The van der Waals surface area contributed by atoms with E-state index in [9.17, 15) is 14.0 Å². The Labute approximate surface area is 137 Å². The molecule has 0 unspecified atom stereocenters. The molecule has 1 heterocycles. The van der Waals surface area contributed by atoms with Crippen molar-refractivity contribution in [2.45, 2.75) is 13.0 Å². The van der Waals surface area contributed by atoms with Gasteiger partial charge in [0.1, 0.15) is 12.4 Å². The van der Waals surface area contributed by atoms with Crippen LogP contribution >= 0.6 is 0 Å². The number of fused-ring (bicyclic) bond motifs is 1. The fourth-order valence-corrected chi connectivity index (χ4v) is 2.43. The van der Waals surface area contributed by atoms with Gasteiger partial charge in [-0.1, -0.05) is 24.3 Å². The summed E-state index contributed by atoms with van der Waals surface area (Å²) in [6.45, 7) is 0.334. The van der Waals surface area contributed by atoms with Gasteiger partial charge in [0.25, 0.3) is 5.56 Å². The summed E-state index contributed by atoms with van der Waals surface area (Å²) >= 11 is 0. The van der Waals surface area contributed by atoms with Crippen LogP contribution in [0, 0.1) is 5.82 Å². The van der Waals surface area contributed by atoms with Gasteiger partial charge in [-0.05, 0) is 36.2 Å². The first kappa shape index (κ1) is 15.9. The van der Waals surface area contributed by atoms with Gasteiger partial charge in [-0.15, -0.1) is 0 Å². The highest BCUT2D eigenvalue weighted by Crippen LogP contribution is 2.05. The number of hydrogen-bond donors (Lipinski definition) is 1. The molecule has 0 spiro atoms. The molecule has 24 heavy (non-hydrogen) atoms. The van der Waals surface area contributed by atoms with Crippen LogP contribution in [0.25, 0.3) is 10.9 Å². The maximum absolute atomic E-state index is 12.8. The molecule has 1 amide bonds. The van der Waals surface area contributed by atoms with Crippen LogP contribution in [0.3, 0.4) is 0 Å². The van der Waals surface area contributed by atoms with Crippen molar-refractivity contribution in [1.29, 1.82) is 0 Å². The zero-order valence-corrected chi connectivity index (χ0v) is 12.9. The molecule has 2 aromatic carbocycles. The first-order valence-electron chi connectivity index (χ1n) is 7.59. The van der Waals surface area contributed by atoms with Crippen LogP contribution in [-0.4, -0.2) is 22.0 Å². The van der Waals surface area contributed by atoms with Gasteiger partial charge in [0, 0.05) is 6.54 Å². The van der Waals surface area contributed by atoms with Crippen molar-refractivity contribution in [3.8, 4) is 0 Å². The van der Waals surface area contributed by atoms with Crippen molar-refractivity contribution in [3.05, 3.63) is 76.6 Å². The van der Waals surface area contributed by atoms with Gasteiger partial charge in [0.15, 0.2) is 0 Å². The van der Waals surface area contributed by atoms with E-state index in [1.165, 1.54) is 23.0 Å². The highest BCUT2D eigenvalue weighted by atomic mass is 19.1. The molecular formula is C18H16FN3O2. The molecule has 3 aromatic rings. The smallest absolute Gasteiger partial charge is 0.261 e. The number of rotatable bonds is 5. The zero-order valence-electron chi connectivity index (χ0n) is 12.9. The second-order valence-electron chi connectivity index (χ2n) is 5.42. The Bertz CT molecular complexity index is 919. The second kappa shape index (κ2) is 7.04. The van der Waals surface area contributed by atoms with Crippen molar-refractivity contribution in [3.63, 3.8) is 0 Å². The summed E-state index contributed by atoms with van der Waals surface area (Å²) in [4.78, 5) is 28.5. The topological polar surface area (TPSA) is 64.0 Å². The summed E-state index contributed by atoms with van der Waals surface area (Å²) in [7, 11) is 0. The molecule has 5 nitrogen and oxygen atoms in total. The molecule has 0 saturated heterocycles. The molecule has 0 aliphatic carbocycles. The molecule has 1 aromatic heterocycles. The summed E-state index contributed by atoms with van der Waals surface area (Å²) in [6, 6.07) is 13.1. The highest BCUT2D eigenvalue weighted by Gasteiger charge is 2.07. The first-order valence-corrected chi connectivity index (χ1v) is 7.59. The minimum absolute atomic E-state index is 0.0832. The van der Waals surface area contributed by atoms with Crippen LogP contribution in [0.1, 0.15) is 5.56 Å². The lowest BCUT2D eigenvalue weighted by Crippen LogP contribution is -2.33. The molecule has 122 valence electrons. The van der Waals surface area contributed by atoms with E-state index in [4.69, 9.17) is 0 Å². The minimum atomic E-state index is -0.286. The van der Waals surface area contributed by atoms with E-state index in [-0.39, 0.29) is 23.8 Å². The van der Waals surface area contributed by atoms with Crippen LogP contribution in [0.4, 0.5) is 4.39 Å². The van der Waals surface area contributed by atoms with Crippen molar-refractivity contribution in [1.82, 2.24) is 14.9 Å². The number of aromatic nitrogens is 2. The van der Waals surface area contributed by atoms with Crippen LogP contribution in [0.2, 0.25) is 0 Å². The Morgan fingerprint density at radius 2 is 1.88 bits per heavy atom. The number of amides is 1. The average molecular weight is 325 g/mol. The Balaban J connectivity index is 1.60. The zero-order chi connectivity index (χ0) is 16.9. The van der Waals surface area contributed by atoms with Gasteiger partial charge in [-0.2, -0.15) is 0 Å². The molecular weight excluding hydrogens is 309 g/mol. The number of benzene rings is 2. The maximum atomic E-state index is 12.8. The predicted octanol–water partition coefficient (Wildman–Crippen LogP) is 1.89. The summed E-state index contributed by atoms with van der Waals surface area (Å²) in [5.41, 5.74) is 1.30. The lowest BCUT2D eigenvalue weighted by atomic mass is 10.1. The molecule has 0 radical (unpaired) electrons. The Hall–Kier alpha value is -3.02. The van der Waals surface area contributed by atoms with Gasteiger partial charge in [-0.25, -0.2) is 9.37 Å². The summed E-state index contributed by atoms with van der Waals surface area (Å²) < 4.78 is 14.1. The third kappa shape index (κ3) is 3.65. The SMILES string of the molecule is O=C(Cn1cnc2ccccc2c1=O)NCCc1ccc(F)cc1. The number of para-hydroxylation sites is 1. The molecule has 1 N–H and O–H groups in total. The van der Waals surface area contributed by atoms with E-state index in [2.05, 4.69) is 10.3 Å². The van der Waals surface area contributed by atoms with Gasteiger partial charge in [-0.3, -0.25) is 14.2 Å². The number of nitrogens with one attached hydrogen (secondary N) is 1. The second-order valence-corrected chi connectivity index (χ2v) is 5.42. The van der Waals surface area contributed by atoms with E-state index in [0.717, 1.165) is 5.56 Å². The number of carbonyl (C=O) groups excluding carboxylic acids is 1. The van der Waals surface area contributed by atoms with Crippen LogP contribution in [0.15, 0.2) is 59.7 Å². The summed E-state index contributed by atoms with van der Waals surface area (Å²) in [5.74, 6) is -0.553. The monoisotopic (exact) mass is 325 g/mol. The Kier molecular flexibility index (Phi) is 4.65. The van der Waals surface area contributed by atoms with E-state index in [1.807, 2.05) is 0 Å². The fraction of sp³-hybridized carbons (Fsp3) is 0.167. The highest BCUT2D eigenvalue weighted by molar-refractivity contribution is 5.78. The van der Waals surface area contributed by atoms with E-state index in [1.54, 1.807) is 36.4 Å². The van der Waals surface area contributed by atoms with Crippen molar-refractivity contribution < 1.29 is 9.18 Å². The first-order chi connectivity index (χ1) is 11.6. The quantitative estimate of drug-likeness (QED) is 0.779. The summed E-state index contributed by atoms with van der Waals surface area (Å²) in [5, 5.41) is 3.23. The molecule has 3 rings (SSSR count). The molecule has 0 bridgehead atoms. The fourth-order valence-electron chi connectivity index (χ4n) is 2.43. The van der Waals surface area contributed by atoms with Crippen LogP contribution in [0.5, 0.6) is 0 Å². The van der Waals surface area contributed by atoms with Gasteiger partial charge in [0.2, 0.25) is 5.91 Å². The minimum Gasteiger partial charge on any atom is -0.354 e. The predicted molar refractivity (Wildman–Crippen MR) is 89.1 cm³/mol. The number of nitrogens with zero attached hydrogens (tertiary/aromatic N) is 2. The van der Waals surface area contributed by atoms with E-state index in [0.29, 0.717) is 23.9 Å². The van der Waals surface area contributed by atoms with Crippen LogP contribution in [-0.2, 0) is 17.8 Å². The van der Waals surface area contributed by atoms with Gasteiger partial charge in [0.05, 0.1) is 17.2 Å². The standard InChI is InChI=1S/C18H16FN3O2/c19-14-7-5-13(6-8-14)9-10-20-17(23)11-22-12-21-16-4-2-1-3-15(16)18(22)24/h1-8,12H,9-11H2,(H,20,23). The molecule has 0 aliphatic heterocycles. The molecule has 0 saturated carbocycles. The Morgan fingerprint density at radius 1 is 1.12 bits per heavy atom. The third-order valence-corrected chi connectivity index (χ3v) is 3.69. The molecule has 0 atom stereocenters. The number of halogens is 1. The number of hydrogen-bond acceptors (Lipinski definition) is 3. The normalized spacial score (nSPS) is 10.7. The van der Waals surface area contributed by atoms with Crippen LogP contribution < -0.4 is 10.9 Å². The van der Waals surface area contributed by atoms with Crippen molar-refractivity contribution in [2.75, 3.05) is 6.54 Å². The van der Waals surface area contributed by atoms with Crippen molar-refractivity contribution in [2.24, 2.45) is 0 Å². The summed E-state index contributed by atoms with van der Waals surface area (Å²) in [6.07, 6.45) is 1.97. The van der Waals surface area contributed by atoms with E-state index < -0.39 is 0 Å². The third-order valence-electron chi connectivity index (χ3n) is 3.69. The Morgan fingerprint density at radius 3 is 2.67 bits per heavy atom. The van der Waals surface area contributed by atoms with Crippen molar-refractivity contribution >= 4 is 16.8 Å². The number of carbonyl (C=O) groups is 1. The molecule has 6 heteroatoms. The van der Waals surface area contributed by atoms with Gasteiger partial charge < -0.3 is 5.32 Å².